The van der Waals surface area contributed by atoms with Crippen molar-refractivity contribution < 1.29 is 0 Å². The standard InChI is InChI=1S/C5H7ClN2.ClH/c1-3-5(6)8-4(2)7-3;/h1-2H3,(H,7,8);1H. The molecule has 0 atom stereocenters. The molecule has 0 aliphatic rings. The topological polar surface area (TPSA) is 28.7 Å². The number of rotatable bonds is 0. The first kappa shape index (κ1) is 8.79. The van der Waals surface area contributed by atoms with Crippen LogP contribution in [-0.4, -0.2) is 9.97 Å². The van der Waals surface area contributed by atoms with Crippen LogP contribution in [0, 0.1) is 13.8 Å². The maximum atomic E-state index is 5.59. The zero-order valence-electron chi connectivity index (χ0n) is 5.23. The summed E-state index contributed by atoms with van der Waals surface area (Å²) in [4.78, 5) is 6.88. The Morgan fingerprint density at radius 3 is 2.11 bits per heavy atom. The molecule has 1 aromatic heterocycles. The second-order valence-electron chi connectivity index (χ2n) is 1.74. The van der Waals surface area contributed by atoms with Crippen LogP contribution in [0.4, 0.5) is 0 Å². The van der Waals surface area contributed by atoms with Gasteiger partial charge in [0.2, 0.25) is 0 Å². The number of aromatic nitrogens is 2. The van der Waals surface area contributed by atoms with Crippen molar-refractivity contribution in [2.75, 3.05) is 0 Å². The van der Waals surface area contributed by atoms with Crippen molar-refractivity contribution in [2.24, 2.45) is 0 Å². The summed E-state index contributed by atoms with van der Waals surface area (Å²) in [7, 11) is 0. The number of H-pyrrole nitrogens is 1. The highest BCUT2D eigenvalue weighted by atomic mass is 35.5. The largest absolute Gasteiger partial charge is 0.345 e. The predicted octanol–water partition coefficient (Wildman–Crippen LogP) is 2.10. The summed E-state index contributed by atoms with van der Waals surface area (Å²) in [6.07, 6.45) is 0. The molecule has 0 saturated carbocycles. The molecule has 0 spiro atoms. The minimum atomic E-state index is 0. The van der Waals surface area contributed by atoms with Crippen molar-refractivity contribution in [3.05, 3.63) is 16.7 Å². The smallest absolute Gasteiger partial charge is 0.150 e. The van der Waals surface area contributed by atoms with E-state index in [0.717, 1.165) is 11.5 Å². The molecule has 0 fully saturated rings. The fraction of sp³-hybridized carbons (Fsp3) is 0.400. The normalized spacial score (nSPS) is 8.78. The van der Waals surface area contributed by atoms with Crippen molar-refractivity contribution in [3.63, 3.8) is 0 Å². The molecular formula is C5H8Cl2N2. The molecule has 0 amide bonds. The minimum Gasteiger partial charge on any atom is -0.345 e. The Balaban J connectivity index is 0.000000640. The molecule has 0 saturated heterocycles. The van der Waals surface area contributed by atoms with E-state index in [-0.39, 0.29) is 12.4 Å². The number of aryl methyl sites for hydroxylation is 2. The first-order valence-electron chi connectivity index (χ1n) is 2.39. The maximum Gasteiger partial charge on any atom is 0.150 e. The molecule has 9 heavy (non-hydrogen) atoms. The summed E-state index contributed by atoms with van der Waals surface area (Å²) in [5.74, 6) is 0.868. The lowest BCUT2D eigenvalue weighted by Gasteiger charge is -1.76. The van der Waals surface area contributed by atoms with E-state index in [1.54, 1.807) is 0 Å². The van der Waals surface area contributed by atoms with Gasteiger partial charge in [0.05, 0.1) is 5.69 Å². The number of aromatic amines is 1. The van der Waals surface area contributed by atoms with Crippen LogP contribution in [0.5, 0.6) is 0 Å². The first-order chi connectivity index (χ1) is 3.70. The zero-order chi connectivity index (χ0) is 6.15. The molecule has 0 aliphatic heterocycles. The average molecular weight is 167 g/mol. The quantitative estimate of drug-likeness (QED) is 0.629. The summed E-state index contributed by atoms with van der Waals surface area (Å²) >= 11 is 5.59. The van der Waals surface area contributed by atoms with E-state index in [1.807, 2.05) is 13.8 Å². The summed E-state index contributed by atoms with van der Waals surface area (Å²) in [6.45, 7) is 3.77. The van der Waals surface area contributed by atoms with E-state index < -0.39 is 0 Å². The van der Waals surface area contributed by atoms with Crippen LogP contribution in [0.25, 0.3) is 0 Å². The van der Waals surface area contributed by atoms with E-state index in [2.05, 4.69) is 9.97 Å². The molecule has 0 unspecified atom stereocenters. The van der Waals surface area contributed by atoms with Gasteiger partial charge in [0, 0.05) is 0 Å². The fourth-order valence-corrected chi connectivity index (χ4v) is 0.756. The van der Waals surface area contributed by atoms with Gasteiger partial charge in [0.15, 0.2) is 0 Å². The third-order valence-corrected chi connectivity index (χ3v) is 1.31. The van der Waals surface area contributed by atoms with Gasteiger partial charge in [-0.05, 0) is 13.8 Å². The lowest BCUT2D eigenvalue weighted by atomic mass is 10.6. The lowest BCUT2D eigenvalue weighted by Crippen LogP contribution is -1.70. The molecular weight excluding hydrogens is 159 g/mol. The highest BCUT2D eigenvalue weighted by molar-refractivity contribution is 6.30. The van der Waals surface area contributed by atoms with Gasteiger partial charge < -0.3 is 4.98 Å². The number of hydrogen-bond donors (Lipinski definition) is 1. The van der Waals surface area contributed by atoms with E-state index in [0.29, 0.717) is 5.15 Å². The molecule has 0 aromatic carbocycles. The van der Waals surface area contributed by atoms with E-state index in [1.165, 1.54) is 0 Å². The van der Waals surface area contributed by atoms with Crippen LogP contribution in [0.1, 0.15) is 11.5 Å². The van der Waals surface area contributed by atoms with E-state index >= 15 is 0 Å². The Kier molecular flexibility index (Phi) is 3.01. The van der Waals surface area contributed by atoms with Gasteiger partial charge in [0.1, 0.15) is 11.0 Å². The SMILES string of the molecule is Cc1nc(Cl)c(C)[nH]1.Cl. The summed E-state index contributed by atoms with van der Waals surface area (Å²) in [5, 5.41) is 0.572. The Morgan fingerprint density at radius 1 is 1.44 bits per heavy atom. The third kappa shape index (κ3) is 1.88. The summed E-state index contributed by atoms with van der Waals surface area (Å²) < 4.78 is 0. The van der Waals surface area contributed by atoms with Gasteiger partial charge in [-0.1, -0.05) is 11.6 Å². The molecule has 1 N–H and O–H groups in total. The molecule has 1 heterocycles. The van der Waals surface area contributed by atoms with Crippen LogP contribution in [0.2, 0.25) is 5.15 Å². The van der Waals surface area contributed by atoms with Crippen molar-refractivity contribution >= 4 is 24.0 Å². The molecule has 1 aromatic rings. The van der Waals surface area contributed by atoms with Crippen molar-refractivity contribution in [1.82, 2.24) is 9.97 Å². The molecule has 2 nitrogen and oxygen atoms in total. The minimum absolute atomic E-state index is 0. The Morgan fingerprint density at radius 2 is 2.00 bits per heavy atom. The summed E-state index contributed by atoms with van der Waals surface area (Å²) in [5.41, 5.74) is 0.934. The predicted molar refractivity (Wildman–Crippen MR) is 40.3 cm³/mol. The van der Waals surface area contributed by atoms with Gasteiger partial charge in [-0.3, -0.25) is 0 Å². The monoisotopic (exact) mass is 166 g/mol. The lowest BCUT2D eigenvalue weighted by molar-refractivity contribution is 1.13. The molecule has 0 aliphatic carbocycles. The summed E-state index contributed by atoms with van der Waals surface area (Å²) in [6, 6.07) is 0. The Labute approximate surface area is 65.0 Å². The number of imidazole rings is 1. The van der Waals surface area contributed by atoms with Crippen LogP contribution < -0.4 is 0 Å². The average Bonchev–Trinajstić information content (AvgIpc) is 1.85. The van der Waals surface area contributed by atoms with Gasteiger partial charge in [0.25, 0.3) is 0 Å². The van der Waals surface area contributed by atoms with Gasteiger partial charge in [-0.15, -0.1) is 12.4 Å². The number of nitrogens with zero attached hydrogens (tertiary/aromatic N) is 1. The number of hydrogen-bond acceptors (Lipinski definition) is 1. The van der Waals surface area contributed by atoms with E-state index in [4.69, 9.17) is 11.6 Å². The van der Waals surface area contributed by atoms with Crippen LogP contribution in [0.15, 0.2) is 0 Å². The molecule has 1 rings (SSSR count). The van der Waals surface area contributed by atoms with Crippen molar-refractivity contribution in [2.45, 2.75) is 13.8 Å². The zero-order valence-corrected chi connectivity index (χ0v) is 6.81. The van der Waals surface area contributed by atoms with Gasteiger partial charge >= 0.3 is 0 Å². The van der Waals surface area contributed by atoms with Gasteiger partial charge in [-0.2, -0.15) is 0 Å². The highest BCUT2D eigenvalue weighted by Crippen LogP contribution is 2.09. The molecule has 4 heteroatoms. The van der Waals surface area contributed by atoms with Crippen LogP contribution in [0.3, 0.4) is 0 Å². The Bertz CT molecular complexity index is 175. The van der Waals surface area contributed by atoms with Crippen LogP contribution >= 0.6 is 24.0 Å². The maximum absolute atomic E-state index is 5.59. The second-order valence-corrected chi connectivity index (χ2v) is 2.10. The first-order valence-corrected chi connectivity index (χ1v) is 2.76. The molecule has 0 bridgehead atoms. The molecule has 0 radical (unpaired) electrons. The van der Waals surface area contributed by atoms with Gasteiger partial charge in [-0.25, -0.2) is 4.98 Å². The second kappa shape index (κ2) is 3.08. The van der Waals surface area contributed by atoms with E-state index in [9.17, 15) is 0 Å². The fourth-order valence-electron chi connectivity index (χ4n) is 0.582. The van der Waals surface area contributed by atoms with Crippen molar-refractivity contribution in [3.8, 4) is 0 Å². The Hall–Kier alpha value is -0.210. The van der Waals surface area contributed by atoms with Crippen LogP contribution in [-0.2, 0) is 0 Å². The number of halogens is 2. The number of nitrogens with one attached hydrogen (secondary N) is 1. The highest BCUT2D eigenvalue weighted by Gasteiger charge is 1.96. The third-order valence-electron chi connectivity index (χ3n) is 0.944. The molecule has 52 valence electrons. The van der Waals surface area contributed by atoms with Crippen molar-refractivity contribution in [1.29, 1.82) is 0 Å².